The lowest BCUT2D eigenvalue weighted by atomic mass is 9.85. The van der Waals surface area contributed by atoms with Crippen LogP contribution < -0.4 is 29.4 Å². The SMILES string of the molecule is CCCCn1cc[n+](CC(=O)N2CCC(C(=O)ON3C(=O)CCC3O)CC2)c1C1=c2cc3c(cc2Oc2cc4c(cc21)C(CS(=O)(=O)[O-])=CC(C)(C)N4CC)=[N+](CC)C(C)(C)C=C3CC. The summed E-state index contributed by atoms with van der Waals surface area (Å²) in [6.07, 6.45) is 10.6. The molecular formula is C49H63N6O9S+. The molecule has 3 aromatic rings. The van der Waals surface area contributed by atoms with Gasteiger partial charge in [-0.25, -0.2) is 26.9 Å². The number of imidazole rings is 1. The van der Waals surface area contributed by atoms with E-state index in [0.29, 0.717) is 67.2 Å². The quantitative estimate of drug-likeness (QED) is 0.152. The summed E-state index contributed by atoms with van der Waals surface area (Å²) >= 11 is 0. The number of aliphatic hydroxyl groups is 1. The minimum atomic E-state index is -4.66. The van der Waals surface area contributed by atoms with Crippen molar-refractivity contribution in [3.8, 4) is 11.5 Å². The normalized spacial score (nSPS) is 20.1. The summed E-state index contributed by atoms with van der Waals surface area (Å²) in [4.78, 5) is 48.9. The molecule has 1 unspecified atom stereocenters. The lowest BCUT2D eigenvalue weighted by Gasteiger charge is -2.43. The Morgan fingerprint density at radius 3 is 2.32 bits per heavy atom. The van der Waals surface area contributed by atoms with Crippen LogP contribution in [0.25, 0.3) is 16.7 Å². The van der Waals surface area contributed by atoms with Gasteiger partial charge >= 0.3 is 5.97 Å². The van der Waals surface area contributed by atoms with Crippen molar-refractivity contribution in [3.05, 3.63) is 81.9 Å². The molecule has 1 N–H and O–H groups in total. The molecule has 1 atom stereocenters. The summed E-state index contributed by atoms with van der Waals surface area (Å²) in [7, 11) is -4.66. The number of ether oxygens (including phenoxy) is 1. The van der Waals surface area contributed by atoms with Gasteiger partial charge in [0, 0.05) is 80.0 Å². The Kier molecular flexibility index (Phi) is 12.4. The van der Waals surface area contributed by atoms with Crippen LogP contribution in [0, 0.1) is 5.92 Å². The van der Waals surface area contributed by atoms with Crippen molar-refractivity contribution in [3.63, 3.8) is 0 Å². The summed E-state index contributed by atoms with van der Waals surface area (Å²) < 4.78 is 51.1. The highest BCUT2D eigenvalue weighted by atomic mass is 32.2. The zero-order valence-corrected chi connectivity index (χ0v) is 39.8. The maximum Gasteiger partial charge on any atom is 0.335 e. The minimum absolute atomic E-state index is 0.00174. The first-order valence-electron chi connectivity index (χ1n) is 23.2. The van der Waals surface area contributed by atoms with Crippen LogP contribution in [0.15, 0.2) is 48.8 Å². The van der Waals surface area contributed by atoms with Crippen LogP contribution in [0.3, 0.4) is 0 Å². The maximum absolute atomic E-state index is 14.4. The van der Waals surface area contributed by atoms with Gasteiger partial charge in [-0.05, 0) is 82.7 Å². The van der Waals surface area contributed by atoms with Crippen LogP contribution in [-0.2, 0) is 42.4 Å². The van der Waals surface area contributed by atoms with Crippen LogP contribution >= 0.6 is 0 Å². The second-order valence-corrected chi connectivity index (χ2v) is 20.4. The lowest BCUT2D eigenvalue weighted by molar-refractivity contribution is -0.686. The summed E-state index contributed by atoms with van der Waals surface area (Å²) in [5, 5.41) is 12.8. The van der Waals surface area contributed by atoms with Crippen molar-refractivity contribution in [2.24, 2.45) is 5.92 Å². The van der Waals surface area contributed by atoms with Crippen LogP contribution in [0.1, 0.15) is 123 Å². The van der Waals surface area contributed by atoms with Gasteiger partial charge in [-0.2, -0.15) is 0 Å². The number of nitrogens with zero attached hydrogens (tertiary/aromatic N) is 6. The number of hydrogen-bond acceptors (Lipinski definition) is 10. The first-order valence-corrected chi connectivity index (χ1v) is 24.8. The Bertz CT molecular complexity index is 2760. The number of likely N-dealkylation sites (N-methyl/N-ethyl adjacent to an activating group) is 2. The van der Waals surface area contributed by atoms with E-state index in [1.165, 1.54) is 5.57 Å². The van der Waals surface area contributed by atoms with E-state index in [4.69, 9.17) is 9.57 Å². The van der Waals surface area contributed by atoms with Crippen molar-refractivity contribution in [1.82, 2.24) is 19.1 Å². The number of hydroxylamine groups is 2. The number of aliphatic hydroxyl groups excluding tert-OH is 1. The van der Waals surface area contributed by atoms with Gasteiger partial charge in [0.1, 0.15) is 30.4 Å². The lowest BCUT2D eigenvalue weighted by Crippen LogP contribution is -2.50. The summed E-state index contributed by atoms with van der Waals surface area (Å²) in [5.41, 5.74) is 4.81. The smallest absolute Gasteiger partial charge is 0.335 e. The largest absolute Gasteiger partial charge is 0.748 e. The van der Waals surface area contributed by atoms with E-state index < -0.39 is 45.4 Å². The third kappa shape index (κ3) is 8.64. The van der Waals surface area contributed by atoms with Crippen LogP contribution in [0.5, 0.6) is 11.5 Å². The van der Waals surface area contributed by atoms with Crippen molar-refractivity contribution in [2.75, 3.05) is 36.8 Å². The Morgan fingerprint density at radius 2 is 1.69 bits per heavy atom. The molecule has 348 valence electrons. The van der Waals surface area contributed by atoms with Gasteiger partial charge in [0.25, 0.3) is 17.6 Å². The minimum Gasteiger partial charge on any atom is -0.748 e. The number of likely N-dealkylation sites (tertiary alicyclic amines) is 1. The molecule has 1 aromatic heterocycles. The molecule has 2 saturated heterocycles. The van der Waals surface area contributed by atoms with E-state index in [0.717, 1.165) is 64.1 Å². The molecule has 6 heterocycles. The first-order chi connectivity index (χ1) is 30.8. The molecule has 2 amide bonds. The van der Waals surface area contributed by atoms with E-state index in [2.05, 4.69) is 66.9 Å². The average Bonchev–Trinajstić information content (AvgIpc) is 3.79. The van der Waals surface area contributed by atoms with Gasteiger partial charge in [0.05, 0.1) is 45.5 Å². The Hall–Kier alpha value is -5.32. The highest BCUT2D eigenvalue weighted by molar-refractivity contribution is 7.86. The predicted octanol–water partition coefficient (Wildman–Crippen LogP) is 4.21. The number of fused-ring (bicyclic) bond motifs is 4. The molecule has 0 radical (unpaired) electrons. The Balaban J connectivity index is 1.28. The number of hydrogen-bond donors (Lipinski definition) is 1. The summed E-state index contributed by atoms with van der Waals surface area (Å²) in [6.45, 7) is 19.6. The number of unbranched alkanes of at least 4 members (excludes halogenated alkanes) is 1. The average molecular weight is 912 g/mol. The molecule has 0 aliphatic carbocycles. The fourth-order valence-electron chi connectivity index (χ4n) is 10.6. The van der Waals surface area contributed by atoms with Gasteiger partial charge in [-0.15, -0.1) is 5.06 Å². The molecular weight excluding hydrogens is 849 g/mol. The number of aryl methyl sites for hydroxylation is 1. The highest BCUT2D eigenvalue weighted by Gasteiger charge is 2.41. The van der Waals surface area contributed by atoms with E-state index in [9.17, 15) is 32.5 Å². The van der Waals surface area contributed by atoms with Crippen LogP contribution in [0.2, 0.25) is 0 Å². The molecule has 8 rings (SSSR count). The third-order valence-electron chi connectivity index (χ3n) is 13.8. The number of carbonyl (C=O) groups is 3. The molecule has 0 saturated carbocycles. The van der Waals surface area contributed by atoms with E-state index in [1.54, 1.807) is 4.90 Å². The zero-order valence-electron chi connectivity index (χ0n) is 39.0. The number of anilines is 1. The molecule has 16 heteroatoms. The number of allylic oxidation sites excluding steroid dienone is 1. The van der Waals surface area contributed by atoms with E-state index in [1.807, 2.05) is 55.9 Å². The van der Waals surface area contributed by atoms with Gasteiger partial charge in [0.2, 0.25) is 5.36 Å². The maximum atomic E-state index is 14.4. The molecule has 0 spiro atoms. The number of amides is 2. The first kappa shape index (κ1) is 46.2. The van der Waals surface area contributed by atoms with Crippen molar-refractivity contribution in [1.29, 1.82) is 0 Å². The fourth-order valence-corrected chi connectivity index (χ4v) is 11.3. The summed E-state index contributed by atoms with van der Waals surface area (Å²) in [5.74, 6) is -0.325. The predicted molar refractivity (Wildman–Crippen MR) is 245 cm³/mol. The van der Waals surface area contributed by atoms with Crippen LogP contribution in [-0.4, -0.2) is 99.6 Å². The van der Waals surface area contributed by atoms with Gasteiger partial charge < -0.3 is 29.0 Å². The fraction of sp³-hybridized carbons (Fsp3) is 0.531. The molecule has 65 heavy (non-hydrogen) atoms. The number of piperidine rings is 1. The molecule has 5 aliphatic rings. The summed E-state index contributed by atoms with van der Waals surface area (Å²) in [6, 6.07) is 8.29. The van der Waals surface area contributed by atoms with Crippen molar-refractivity contribution in [2.45, 2.75) is 131 Å². The number of carbonyl (C=O) groups excluding carboxylic acids is 3. The molecule has 5 aliphatic heterocycles. The van der Waals surface area contributed by atoms with Gasteiger partial charge in [-0.1, -0.05) is 26.3 Å². The van der Waals surface area contributed by atoms with Crippen LogP contribution in [0.4, 0.5) is 5.69 Å². The second kappa shape index (κ2) is 17.5. The van der Waals surface area contributed by atoms with Crippen molar-refractivity contribution >= 4 is 50.3 Å². The van der Waals surface area contributed by atoms with Gasteiger partial charge in [-0.3, -0.25) is 9.59 Å². The number of rotatable bonds is 13. The van der Waals surface area contributed by atoms with Gasteiger partial charge in [0.15, 0.2) is 18.3 Å². The van der Waals surface area contributed by atoms with E-state index >= 15 is 0 Å². The standard InChI is InChI=1S/C49H63N6O9S/c1-9-13-18-51-21-22-52(29-44(58)50-19-16-32(17-20-50)47(59)64-55-42(56)14-15-43(55)57)46(51)45-36-23-34-31(10-2)27-48(5,6)53(11-3)38(34)25-40(36)63-41-26-39-35(24-37(41)45)33(30-65(60,61)62)28-49(7,8)54(39)12-4/h21-28,32,42,56H,9-20,29-30H2,1-8H3/q+1. The number of aromatic nitrogens is 2. The third-order valence-corrected chi connectivity index (χ3v) is 14.4. The molecule has 2 aromatic carbocycles. The molecule has 15 nitrogen and oxygen atoms in total. The second-order valence-electron chi connectivity index (χ2n) is 19.0. The zero-order chi connectivity index (χ0) is 46.7. The highest BCUT2D eigenvalue weighted by Crippen LogP contribution is 2.46. The Morgan fingerprint density at radius 1 is 0.954 bits per heavy atom. The molecule has 2 fully saturated rings. The van der Waals surface area contributed by atoms with Crippen molar-refractivity contribution < 1.29 is 46.6 Å². The molecule has 0 bridgehead atoms. The Labute approximate surface area is 381 Å². The van der Waals surface area contributed by atoms with E-state index in [-0.39, 0.29) is 30.8 Å². The topological polar surface area (TPSA) is 169 Å². The monoisotopic (exact) mass is 911 g/mol. The number of benzene rings is 2.